The third-order valence-electron chi connectivity index (χ3n) is 3.40. The number of amides is 2. The predicted molar refractivity (Wildman–Crippen MR) is 75.4 cm³/mol. The highest BCUT2D eigenvalue weighted by molar-refractivity contribution is 5.78. The Morgan fingerprint density at radius 1 is 1.10 bits per heavy atom. The second-order valence-corrected chi connectivity index (χ2v) is 6.50. The van der Waals surface area contributed by atoms with Crippen LogP contribution in [0.2, 0.25) is 0 Å². The Bertz CT molecular complexity index is 366. The molecule has 0 spiro atoms. The van der Waals surface area contributed by atoms with Crippen LogP contribution in [-0.2, 0) is 9.53 Å². The first-order chi connectivity index (χ1) is 9.35. The first kappa shape index (κ1) is 15.1. The molecule has 2 amide bonds. The maximum absolute atomic E-state index is 12.0. The molecule has 2 fully saturated rings. The molecule has 1 aliphatic carbocycles. The summed E-state index contributed by atoms with van der Waals surface area (Å²) >= 11 is 0. The van der Waals surface area contributed by atoms with Crippen molar-refractivity contribution < 1.29 is 14.3 Å². The van der Waals surface area contributed by atoms with E-state index in [0.717, 1.165) is 0 Å². The minimum absolute atomic E-state index is 0.126. The molecule has 1 heterocycles. The molecule has 2 rings (SSSR count). The quantitative estimate of drug-likeness (QED) is 0.833. The molecule has 0 aromatic heterocycles. The summed E-state index contributed by atoms with van der Waals surface area (Å²) in [5.74, 6) is 0.126. The molecule has 0 bridgehead atoms. The fourth-order valence-electron chi connectivity index (χ4n) is 2.10. The number of ether oxygens (including phenoxy) is 1. The van der Waals surface area contributed by atoms with Gasteiger partial charge >= 0.3 is 6.09 Å². The third kappa shape index (κ3) is 4.67. The Kier molecular flexibility index (Phi) is 4.52. The second kappa shape index (κ2) is 5.99. The fourth-order valence-corrected chi connectivity index (χ4v) is 2.10. The summed E-state index contributed by atoms with van der Waals surface area (Å²) in [5, 5.41) is 3.22. The average Bonchev–Trinajstić information content (AvgIpc) is 3.18. The molecule has 0 unspecified atom stereocenters. The lowest BCUT2D eigenvalue weighted by Gasteiger charge is -2.35. The molecule has 6 heteroatoms. The molecule has 0 aromatic rings. The molecule has 1 aliphatic heterocycles. The minimum Gasteiger partial charge on any atom is -0.444 e. The van der Waals surface area contributed by atoms with Gasteiger partial charge in [-0.15, -0.1) is 0 Å². The van der Waals surface area contributed by atoms with E-state index in [0.29, 0.717) is 38.8 Å². The van der Waals surface area contributed by atoms with Gasteiger partial charge in [0.25, 0.3) is 0 Å². The van der Waals surface area contributed by atoms with Gasteiger partial charge in [0.05, 0.1) is 6.54 Å². The zero-order valence-electron chi connectivity index (χ0n) is 12.6. The normalized spacial score (nSPS) is 19.9. The van der Waals surface area contributed by atoms with Gasteiger partial charge in [-0.1, -0.05) is 0 Å². The van der Waals surface area contributed by atoms with Gasteiger partial charge in [0.1, 0.15) is 5.60 Å². The SMILES string of the molecule is CC(C)(C)OC(=O)N1CCN(C(=O)CNC2CC2)CC1. The molecule has 114 valence electrons. The Balaban J connectivity index is 1.71. The third-order valence-corrected chi connectivity index (χ3v) is 3.40. The lowest BCUT2D eigenvalue weighted by molar-refractivity contribution is -0.132. The molecule has 1 N–H and O–H groups in total. The number of piperazine rings is 1. The predicted octanol–water partition coefficient (Wildman–Crippen LogP) is 0.818. The van der Waals surface area contributed by atoms with Crippen molar-refractivity contribution in [3.05, 3.63) is 0 Å². The van der Waals surface area contributed by atoms with Gasteiger partial charge in [0, 0.05) is 32.2 Å². The molecule has 1 saturated carbocycles. The maximum atomic E-state index is 12.0. The highest BCUT2D eigenvalue weighted by Crippen LogP contribution is 2.18. The molecule has 0 radical (unpaired) electrons. The summed E-state index contributed by atoms with van der Waals surface area (Å²) in [6, 6.07) is 0.544. The zero-order chi connectivity index (χ0) is 14.8. The summed E-state index contributed by atoms with van der Waals surface area (Å²) in [5.41, 5.74) is -0.474. The van der Waals surface area contributed by atoms with Crippen molar-refractivity contribution in [2.24, 2.45) is 0 Å². The monoisotopic (exact) mass is 283 g/mol. The van der Waals surface area contributed by atoms with E-state index in [9.17, 15) is 9.59 Å². The van der Waals surface area contributed by atoms with E-state index in [1.54, 1.807) is 4.90 Å². The fraction of sp³-hybridized carbons (Fsp3) is 0.857. The lowest BCUT2D eigenvalue weighted by Crippen LogP contribution is -2.53. The Labute approximate surface area is 120 Å². The van der Waals surface area contributed by atoms with Crippen LogP contribution in [-0.4, -0.2) is 66.2 Å². The van der Waals surface area contributed by atoms with E-state index < -0.39 is 5.60 Å². The summed E-state index contributed by atoms with van der Waals surface area (Å²) < 4.78 is 5.33. The van der Waals surface area contributed by atoms with E-state index >= 15 is 0 Å². The van der Waals surface area contributed by atoms with Crippen LogP contribution in [0.3, 0.4) is 0 Å². The van der Waals surface area contributed by atoms with E-state index in [1.165, 1.54) is 12.8 Å². The van der Waals surface area contributed by atoms with E-state index in [1.807, 2.05) is 25.7 Å². The smallest absolute Gasteiger partial charge is 0.410 e. The van der Waals surface area contributed by atoms with Crippen molar-refractivity contribution >= 4 is 12.0 Å². The highest BCUT2D eigenvalue weighted by Gasteiger charge is 2.28. The van der Waals surface area contributed by atoms with Gasteiger partial charge in [0.15, 0.2) is 0 Å². The van der Waals surface area contributed by atoms with Crippen LogP contribution in [0, 0.1) is 0 Å². The molecule has 6 nitrogen and oxygen atoms in total. The first-order valence-corrected chi connectivity index (χ1v) is 7.34. The Hall–Kier alpha value is -1.30. The number of hydrogen-bond donors (Lipinski definition) is 1. The average molecular weight is 283 g/mol. The summed E-state index contributed by atoms with van der Waals surface area (Å²) in [7, 11) is 0. The molecule has 2 aliphatic rings. The van der Waals surface area contributed by atoms with E-state index in [2.05, 4.69) is 5.32 Å². The summed E-state index contributed by atoms with van der Waals surface area (Å²) in [6.45, 7) is 8.25. The van der Waals surface area contributed by atoms with E-state index in [4.69, 9.17) is 4.74 Å². The molecule has 1 saturated heterocycles. The van der Waals surface area contributed by atoms with Crippen molar-refractivity contribution in [3.8, 4) is 0 Å². The Morgan fingerprint density at radius 2 is 1.65 bits per heavy atom. The number of nitrogens with zero attached hydrogens (tertiary/aromatic N) is 2. The van der Waals surface area contributed by atoms with Gasteiger partial charge in [-0.05, 0) is 33.6 Å². The largest absolute Gasteiger partial charge is 0.444 e. The van der Waals surface area contributed by atoms with Gasteiger partial charge in [-0.2, -0.15) is 0 Å². The van der Waals surface area contributed by atoms with Crippen LogP contribution in [0.4, 0.5) is 4.79 Å². The zero-order valence-corrected chi connectivity index (χ0v) is 12.6. The molecule has 0 aromatic carbocycles. The number of hydrogen-bond acceptors (Lipinski definition) is 4. The highest BCUT2D eigenvalue weighted by atomic mass is 16.6. The van der Waals surface area contributed by atoms with Crippen LogP contribution in [0.5, 0.6) is 0 Å². The minimum atomic E-state index is -0.474. The van der Waals surface area contributed by atoms with Crippen molar-refractivity contribution in [1.82, 2.24) is 15.1 Å². The first-order valence-electron chi connectivity index (χ1n) is 7.34. The summed E-state index contributed by atoms with van der Waals surface area (Å²) in [4.78, 5) is 27.4. The second-order valence-electron chi connectivity index (χ2n) is 6.50. The van der Waals surface area contributed by atoms with Crippen LogP contribution in [0.25, 0.3) is 0 Å². The lowest BCUT2D eigenvalue weighted by atomic mass is 10.2. The van der Waals surface area contributed by atoms with Gasteiger partial charge in [-0.3, -0.25) is 4.79 Å². The molecule has 0 atom stereocenters. The number of carbonyl (C=O) groups excluding carboxylic acids is 2. The molecular weight excluding hydrogens is 258 g/mol. The summed E-state index contributed by atoms with van der Waals surface area (Å²) in [6.07, 6.45) is 2.07. The van der Waals surface area contributed by atoms with Crippen LogP contribution in [0.1, 0.15) is 33.6 Å². The van der Waals surface area contributed by atoms with Crippen molar-refractivity contribution in [2.75, 3.05) is 32.7 Å². The topological polar surface area (TPSA) is 61.9 Å². The number of carbonyl (C=O) groups is 2. The van der Waals surface area contributed by atoms with E-state index in [-0.39, 0.29) is 12.0 Å². The van der Waals surface area contributed by atoms with Crippen molar-refractivity contribution in [2.45, 2.75) is 45.3 Å². The molecule has 20 heavy (non-hydrogen) atoms. The number of rotatable bonds is 3. The maximum Gasteiger partial charge on any atom is 0.410 e. The van der Waals surface area contributed by atoms with Crippen molar-refractivity contribution in [3.63, 3.8) is 0 Å². The van der Waals surface area contributed by atoms with Gasteiger partial charge < -0.3 is 19.9 Å². The van der Waals surface area contributed by atoms with Crippen molar-refractivity contribution in [1.29, 1.82) is 0 Å². The van der Waals surface area contributed by atoms with Gasteiger partial charge in [0.2, 0.25) is 5.91 Å². The van der Waals surface area contributed by atoms with Crippen LogP contribution >= 0.6 is 0 Å². The van der Waals surface area contributed by atoms with Gasteiger partial charge in [-0.25, -0.2) is 4.79 Å². The van der Waals surface area contributed by atoms with Crippen LogP contribution in [0.15, 0.2) is 0 Å². The Morgan fingerprint density at radius 3 is 2.15 bits per heavy atom. The standard InChI is InChI=1S/C14H25N3O3/c1-14(2,3)20-13(19)17-8-6-16(7-9-17)12(18)10-15-11-4-5-11/h11,15H,4-10H2,1-3H3. The number of nitrogens with one attached hydrogen (secondary N) is 1. The van der Waals surface area contributed by atoms with Crippen LogP contribution < -0.4 is 5.32 Å². The molecular formula is C14H25N3O3.